The minimum absolute atomic E-state index is 0.0503. The predicted octanol–water partition coefficient (Wildman–Crippen LogP) is 2.98. The third-order valence-electron chi connectivity index (χ3n) is 2.33. The Morgan fingerprint density at radius 2 is 2.00 bits per heavy atom. The van der Waals surface area contributed by atoms with E-state index in [1.807, 2.05) is 0 Å². The number of carbonyl (C=O) groups is 1. The summed E-state index contributed by atoms with van der Waals surface area (Å²) in [6, 6.07) is 5.55. The van der Waals surface area contributed by atoms with Crippen LogP contribution in [0.4, 0.5) is 4.39 Å². The third-order valence-corrected chi connectivity index (χ3v) is 3.35. The Hall–Kier alpha value is -1.75. The summed E-state index contributed by atoms with van der Waals surface area (Å²) in [7, 11) is 0. The second-order valence-electron chi connectivity index (χ2n) is 3.67. The van der Waals surface area contributed by atoms with E-state index in [9.17, 15) is 9.18 Å². The van der Waals surface area contributed by atoms with Crippen molar-refractivity contribution in [3.63, 3.8) is 0 Å². The predicted molar refractivity (Wildman–Crippen MR) is 68.1 cm³/mol. The maximum absolute atomic E-state index is 12.8. The molecule has 0 aliphatic heterocycles. The summed E-state index contributed by atoms with van der Waals surface area (Å²) >= 11 is 1.33. The highest BCUT2D eigenvalue weighted by Crippen LogP contribution is 2.23. The van der Waals surface area contributed by atoms with Gasteiger partial charge in [-0.05, 0) is 31.2 Å². The van der Waals surface area contributed by atoms with Crippen molar-refractivity contribution in [3.05, 3.63) is 54.2 Å². The standard InChI is InChI=1S/C13H11FN2OS/c1-9(18-12-8-15-6-7-16-12)13(17)10-2-4-11(14)5-3-10/h2-9H,1H3. The number of thioether (sulfide) groups is 1. The van der Waals surface area contributed by atoms with Gasteiger partial charge in [0.25, 0.3) is 0 Å². The van der Waals surface area contributed by atoms with E-state index in [4.69, 9.17) is 0 Å². The number of halogens is 1. The highest BCUT2D eigenvalue weighted by atomic mass is 32.2. The number of aromatic nitrogens is 2. The molecular formula is C13H11FN2OS. The first-order chi connectivity index (χ1) is 8.66. The van der Waals surface area contributed by atoms with Crippen molar-refractivity contribution in [2.75, 3.05) is 0 Å². The van der Waals surface area contributed by atoms with Crippen LogP contribution in [0.15, 0.2) is 47.9 Å². The maximum Gasteiger partial charge on any atom is 0.175 e. The molecule has 0 aliphatic rings. The molecule has 0 bridgehead atoms. The van der Waals surface area contributed by atoms with Crippen LogP contribution in [0, 0.1) is 5.82 Å². The van der Waals surface area contributed by atoms with Crippen molar-refractivity contribution in [1.29, 1.82) is 0 Å². The van der Waals surface area contributed by atoms with Gasteiger partial charge in [-0.2, -0.15) is 0 Å². The molecule has 0 spiro atoms. The lowest BCUT2D eigenvalue weighted by atomic mass is 10.1. The average Bonchev–Trinajstić information content (AvgIpc) is 2.40. The molecule has 0 amide bonds. The molecule has 0 saturated carbocycles. The van der Waals surface area contributed by atoms with Gasteiger partial charge in [0.15, 0.2) is 5.78 Å². The zero-order valence-corrected chi connectivity index (χ0v) is 10.5. The van der Waals surface area contributed by atoms with Gasteiger partial charge in [0.1, 0.15) is 10.8 Å². The molecule has 3 nitrogen and oxygen atoms in total. The van der Waals surface area contributed by atoms with Gasteiger partial charge in [-0.15, -0.1) is 0 Å². The molecule has 2 rings (SSSR count). The van der Waals surface area contributed by atoms with Gasteiger partial charge >= 0.3 is 0 Å². The highest BCUT2D eigenvalue weighted by molar-refractivity contribution is 8.00. The molecule has 1 aromatic carbocycles. The summed E-state index contributed by atoms with van der Waals surface area (Å²) in [6.45, 7) is 1.80. The molecule has 1 atom stereocenters. The molecule has 18 heavy (non-hydrogen) atoms. The van der Waals surface area contributed by atoms with E-state index in [1.54, 1.807) is 25.5 Å². The number of benzene rings is 1. The number of carbonyl (C=O) groups excluding carboxylic acids is 1. The van der Waals surface area contributed by atoms with Crippen molar-refractivity contribution in [2.45, 2.75) is 17.2 Å². The topological polar surface area (TPSA) is 42.9 Å². The number of ketones is 1. The van der Waals surface area contributed by atoms with E-state index < -0.39 is 0 Å². The lowest BCUT2D eigenvalue weighted by Gasteiger charge is -2.09. The first kappa shape index (κ1) is 12.7. The molecule has 1 aromatic heterocycles. The van der Waals surface area contributed by atoms with Crippen molar-refractivity contribution in [2.24, 2.45) is 0 Å². The van der Waals surface area contributed by atoms with Crippen molar-refractivity contribution in [1.82, 2.24) is 9.97 Å². The molecule has 0 N–H and O–H groups in total. The Bertz CT molecular complexity index is 530. The minimum atomic E-state index is -0.346. The van der Waals surface area contributed by atoms with E-state index in [0.717, 1.165) is 0 Å². The molecule has 0 saturated heterocycles. The lowest BCUT2D eigenvalue weighted by Crippen LogP contribution is -2.13. The average molecular weight is 262 g/mol. The first-order valence-corrected chi connectivity index (χ1v) is 6.27. The number of hydrogen-bond donors (Lipinski definition) is 0. The van der Waals surface area contributed by atoms with Gasteiger partial charge in [0, 0.05) is 18.0 Å². The van der Waals surface area contributed by atoms with Gasteiger partial charge in [0.05, 0.1) is 11.4 Å². The van der Waals surface area contributed by atoms with Crippen LogP contribution in [-0.4, -0.2) is 21.0 Å². The molecule has 0 radical (unpaired) electrons. The summed E-state index contributed by atoms with van der Waals surface area (Å²) in [6.07, 6.45) is 4.77. The second kappa shape index (κ2) is 5.73. The number of Topliss-reactive ketones (excluding diaryl/α,β-unsaturated/α-hetero) is 1. The Kier molecular flexibility index (Phi) is 4.04. The van der Waals surface area contributed by atoms with Gasteiger partial charge in [0.2, 0.25) is 0 Å². The summed E-state index contributed by atoms with van der Waals surface area (Å²) < 4.78 is 12.8. The zero-order chi connectivity index (χ0) is 13.0. The molecular weight excluding hydrogens is 251 g/mol. The van der Waals surface area contributed by atoms with E-state index in [-0.39, 0.29) is 16.9 Å². The molecule has 0 fully saturated rings. The quantitative estimate of drug-likeness (QED) is 0.627. The SMILES string of the molecule is CC(Sc1cnccn1)C(=O)c1ccc(F)cc1. The Morgan fingerprint density at radius 3 is 2.61 bits per heavy atom. The zero-order valence-electron chi connectivity index (χ0n) is 9.71. The van der Waals surface area contributed by atoms with Crippen LogP contribution in [0.25, 0.3) is 0 Å². The fourth-order valence-electron chi connectivity index (χ4n) is 1.43. The smallest absolute Gasteiger partial charge is 0.175 e. The normalized spacial score (nSPS) is 12.1. The van der Waals surface area contributed by atoms with Crippen LogP contribution in [0.3, 0.4) is 0 Å². The third kappa shape index (κ3) is 3.13. The number of rotatable bonds is 4. The van der Waals surface area contributed by atoms with Crippen LogP contribution in [0.5, 0.6) is 0 Å². The highest BCUT2D eigenvalue weighted by Gasteiger charge is 2.17. The molecule has 0 aliphatic carbocycles. The minimum Gasteiger partial charge on any atom is -0.293 e. The van der Waals surface area contributed by atoms with Crippen LogP contribution in [-0.2, 0) is 0 Å². The summed E-state index contributed by atoms with van der Waals surface area (Å²) in [5.41, 5.74) is 0.500. The Labute approximate surface area is 108 Å². The molecule has 1 unspecified atom stereocenters. The lowest BCUT2D eigenvalue weighted by molar-refractivity contribution is 0.0994. The van der Waals surface area contributed by atoms with Gasteiger partial charge < -0.3 is 0 Å². The van der Waals surface area contributed by atoms with E-state index >= 15 is 0 Å². The number of nitrogens with zero attached hydrogens (tertiary/aromatic N) is 2. The first-order valence-electron chi connectivity index (χ1n) is 5.39. The summed E-state index contributed by atoms with van der Waals surface area (Å²) in [4.78, 5) is 20.1. The maximum atomic E-state index is 12.8. The summed E-state index contributed by atoms with van der Waals surface area (Å²) in [5.74, 6) is -0.397. The van der Waals surface area contributed by atoms with Crippen LogP contribution in [0.2, 0.25) is 0 Å². The molecule has 5 heteroatoms. The Morgan fingerprint density at radius 1 is 1.28 bits per heavy atom. The van der Waals surface area contributed by atoms with Gasteiger partial charge in [-0.25, -0.2) is 9.37 Å². The fourth-order valence-corrected chi connectivity index (χ4v) is 2.28. The molecule has 92 valence electrons. The van der Waals surface area contributed by atoms with E-state index in [0.29, 0.717) is 10.6 Å². The fraction of sp³-hybridized carbons (Fsp3) is 0.154. The van der Waals surface area contributed by atoms with E-state index in [2.05, 4.69) is 9.97 Å². The van der Waals surface area contributed by atoms with Crippen LogP contribution in [0.1, 0.15) is 17.3 Å². The van der Waals surface area contributed by atoms with Crippen molar-refractivity contribution in [3.8, 4) is 0 Å². The largest absolute Gasteiger partial charge is 0.293 e. The Balaban J connectivity index is 2.07. The monoisotopic (exact) mass is 262 g/mol. The van der Waals surface area contributed by atoms with Gasteiger partial charge in [-0.1, -0.05) is 11.8 Å². The second-order valence-corrected chi connectivity index (χ2v) is 5.04. The van der Waals surface area contributed by atoms with Crippen LogP contribution < -0.4 is 0 Å². The number of hydrogen-bond acceptors (Lipinski definition) is 4. The van der Waals surface area contributed by atoms with Crippen LogP contribution >= 0.6 is 11.8 Å². The van der Waals surface area contributed by atoms with Crippen molar-refractivity contribution >= 4 is 17.5 Å². The summed E-state index contributed by atoms with van der Waals surface area (Å²) in [5, 5.41) is 0.410. The van der Waals surface area contributed by atoms with Crippen molar-refractivity contribution < 1.29 is 9.18 Å². The molecule has 1 heterocycles. The van der Waals surface area contributed by atoms with Gasteiger partial charge in [-0.3, -0.25) is 9.78 Å². The molecule has 2 aromatic rings. The van der Waals surface area contributed by atoms with E-state index in [1.165, 1.54) is 36.0 Å².